The van der Waals surface area contributed by atoms with Gasteiger partial charge >= 0.3 is 0 Å². The van der Waals surface area contributed by atoms with Crippen molar-refractivity contribution < 1.29 is 4.79 Å². The van der Waals surface area contributed by atoms with Gasteiger partial charge in [-0.1, -0.05) is 36.0 Å². The Hall–Kier alpha value is -1.37. The van der Waals surface area contributed by atoms with Gasteiger partial charge in [0, 0.05) is 11.3 Å². The third-order valence-corrected chi connectivity index (χ3v) is 4.19. The maximum absolute atomic E-state index is 12.0. The molecule has 0 saturated heterocycles. The molecule has 0 amide bonds. The molecule has 0 aromatic carbocycles. The number of carbonyl (C=O) groups excluding carboxylic acids is 1. The van der Waals surface area contributed by atoms with Crippen LogP contribution in [0.4, 0.5) is 0 Å². The minimum atomic E-state index is -0.0607. The van der Waals surface area contributed by atoms with Crippen LogP contribution in [0.25, 0.3) is 0 Å². The van der Waals surface area contributed by atoms with E-state index in [2.05, 4.69) is 30.9 Å². The van der Waals surface area contributed by atoms with Crippen molar-refractivity contribution in [3.63, 3.8) is 0 Å². The van der Waals surface area contributed by atoms with Gasteiger partial charge in [0.2, 0.25) is 0 Å². The molecular weight excluding hydrogens is 196 g/mol. The molecule has 1 nitrogen and oxygen atoms in total. The molecule has 0 N–H and O–H groups in total. The van der Waals surface area contributed by atoms with Crippen molar-refractivity contribution in [3.05, 3.63) is 48.6 Å². The molecular formula is C15H16O. The van der Waals surface area contributed by atoms with E-state index in [1.807, 2.05) is 12.2 Å². The largest absolute Gasteiger partial charge is 0.294 e. The Morgan fingerprint density at radius 2 is 2.31 bits per heavy atom. The van der Waals surface area contributed by atoms with Gasteiger partial charge in [0.15, 0.2) is 5.78 Å². The van der Waals surface area contributed by atoms with E-state index in [1.165, 1.54) is 5.57 Å². The van der Waals surface area contributed by atoms with E-state index in [0.29, 0.717) is 11.7 Å². The van der Waals surface area contributed by atoms with Crippen LogP contribution in [0.1, 0.15) is 19.3 Å². The number of ketones is 1. The van der Waals surface area contributed by atoms with E-state index in [4.69, 9.17) is 0 Å². The highest BCUT2D eigenvalue weighted by atomic mass is 16.1. The smallest absolute Gasteiger partial charge is 0.160 e. The van der Waals surface area contributed by atoms with Crippen molar-refractivity contribution in [2.24, 2.45) is 17.3 Å². The Balaban J connectivity index is 2.10. The molecule has 0 bridgehead atoms. The van der Waals surface area contributed by atoms with Crippen molar-refractivity contribution in [2.45, 2.75) is 19.3 Å². The van der Waals surface area contributed by atoms with Gasteiger partial charge in [0.1, 0.15) is 0 Å². The average molecular weight is 212 g/mol. The summed E-state index contributed by atoms with van der Waals surface area (Å²) in [4.78, 5) is 12.0. The Kier molecular flexibility index (Phi) is 2.03. The second-order valence-corrected chi connectivity index (χ2v) is 5.00. The molecule has 3 rings (SSSR count). The summed E-state index contributed by atoms with van der Waals surface area (Å²) in [5, 5.41) is 0. The fourth-order valence-electron chi connectivity index (χ4n) is 3.28. The molecule has 0 aliphatic heterocycles. The fraction of sp³-hybridized carbons (Fsp3) is 0.400. The van der Waals surface area contributed by atoms with Crippen LogP contribution in [-0.2, 0) is 4.79 Å². The van der Waals surface area contributed by atoms with Gasteiger partial charge in [-0.2, -0.15) is 0 Å². The average Bonchev–Trinajstić information content (AvgIpc) is 2.61. The second-order valence-electron chi connectivity index (χ2n) is 5.00. The number of allylic oxidation sites excluding steroid dienone is 7. The number of hydrogen-bond acceptors (Lipinski definition) is 1. The Labute approximate surface area is 96.2 Å². The van der Waals surface area contributed by atoms with Crippen LogP contribution in [-0.4, -0.2) is 5.78 Å². The summed E-state index contributed by atoms with van der Waals surface area (Å²) in [6.45, 7) is 3.84. The molecule has 1 heteroatoms. The van der Waals surface area contributed by atoms with E-state index in [0.717, 1.165) is 19.3 Å². The van der Waals surface area contributed by atoms with E-state index in [-0.39, 0.29) is 11.3 Å². The van der Waals surface area contributed by atoms with Gasteiger partial charge in [-0.25, -0.2) is 0 Å². The standard InChI is InChI=1S/C15H16O/c1-2-11-6-8-15-7-4-3-5-13(15)14(16)10-12(15)9-11/h2,4,6-8,10-11,13H,1,3,5,9H2. The molecule has 0 aromatic rings. The Morgan fingerprint density at radius 3 is 3.12 bits per heavy atom. The summed E-state index contributed by atoms with van der Waals surface area (Å²) in [6.07, 6.45) is 15.8. The molecule has 82 valence electrons. The predicted molar refractivity (Wildman–Crippen MR) is 64.8 cm³/mol. The summed E-state index contributed by atoms with van der Waals surface area (Å²) in [5.41, 5.74) is 1.24. The first kappa shape index (κ1) is 9.83. The lowest BCUT2D eigenvalue weighted by Crippen LogP contribution is -2.32. The molecule has 3 aliphatic rings. The van der Waals surface area contributed by atoms with Crippen molar-refractivity contribution in [1.29, 1.82) is 0 Å². The lowest BCUT2D eigenvalue weighted by Gasteiger charge is -2.38. The predicted octanol–water partition coefficient (Wildman–Crippen LogP) is 3.21. The van der Waals surface area contributed by atoms with Crippen LogP contribution in [0.3, 0.4) is 0 Å². The molecule has 0 aromatic heterocycles. The summed E-state index contributed by atoms with van der Waals surface area (Å²) >= 11 is 0. The highest BCUT2D eigenvalue weighted by Crippen LogP contribution is 2.53. The summed E-state index contributed by atoms with van der Waals surface area (Å²) in [5.74, 6) is 0.905. The summed E-state index contributed by atoms with van der Waals surface area (Å²) < 4.78 is 0. The molecule has 3 atom stereocenters. The van der Waals surface area contributed by atoms with Gasteiger partial charge in [0.05, 0.1) is 0 Å². The SMILES string of the molecule is C=CC1C=CC23C=CCCC2C(=O)C=C3C1. The summed E-state index contributed by atoms with van der Waals surface area (Å²) in [6, 6.07) is 0. The second kappa shape index (κ2) is 3.31. The van der Waals surface area contributed by atoms with Crippen molar-refractivity contribution >= 4 is 5.78 Å². The third-order valence-electron chi connectivity index (χ3n) is 4.19. The third kappa shape index (κ3) is 1.14. The number of hydrogen-bond donors (Lipinski definition) is 0. The van der Waals surface area contributed by atoms with E-state index < -0.39 is 0 Å². The quantitative estimate of drug-likeness (QED) is 0.610. The zero-order valence-electron chi connectivity index (χ0n) is 9.36. The first-order valence-corrected chi connectivity index (χ1v) is 6.01. The van der Waals surface area contributed by atoms with Crippen LogP contribution in [0, 0.1) is 17.3 Å². The van der Waals surface area contributed by atoms with Crippen LogP contribution >= 0.6 is 0 Å². The highest BCUT2D eigenvalue weighted by Gasteiger charge is 2.48. The topological polar surface area (TPSA) is 17.1 Å². The van der Waals surface area contributed by atoms with Crippen molar-refractivity contribution in [1.82, 2.24) is 0 Å². The van der Waals surface area contributed by atoms with Gasteiger partial charge in [-0.3, -0.25) is 4.79 Å². The lowest BCUT2D eigenvalue weighted by atomic mass is 9.64. The maximum Gasteiger partial charge on any atom is 0.160 e. The first-order valence-electron chi connectivity index (χ1n) is 6.01. The fourth-order valence-corrected chi connectivity index (χ4v) is 3.28. The number of carbonyl (C=O) groups is 1. The normalized spacial score (nSPS) is 40.2. The molecule has 3 unspecified atom stereocenters. The minimum absolute atomic E-state index is 0.0607. The van der Waals surface area contributed by atoms with E-state index >= 15 is 0 Å². The van der Waals surface area contributed by atoms with Gasteiger partial charge in [0.25, 0.3) is 0 Å². The van der Waals surface area contributed by atoms with Crippen molar-refractivity contribution in [3.8, 4) is 0 Å². The van der Waals surface area contributed by atoms with Crippen LogP contribution < -0.4 is 0 Å². The monoisotopic (exact) mass is 212 g/mol. The molecule has 0 saturated carbocycles. The number of rotatable bonds is 1. The van der Waals surface area contributed by atoms with Gasteiger partial charge < -0.3 is 0 Å². The van der Waals surface area contributed by atoms with Crippen LogP contribution in [0.2, 0.25) is 0 Å². The van der Waals surface area contributed by atoms with Crippen LogP contribution in [0.5, 0.6) is 0 Å². The minimum Gasteiger partial charge on any atom is -0.294 e. The zero-order valence-corrected chi connectivity index (χ0v) is 9.36. The molecule has 1 spiro atoms. The Bertz CT molecular complexity index is 438. The van der Waals surface area contributed by atoms with Gasteiger partial charge in [-0.05, 0) is 31.3 Å². The maximum atomic E-state index is 12.0. The van der Waals surface area contributed by atoms with Gasteiger partial charge in [-0.15, -0.1) is 6.58 Å². The molecule has 0 radical (unpaired) electrons. The Morgan fingerprint density at radius 1 is 1.44 bits per heavy atom. The lowest BCUT2D eigenvalue weighted by molar-refractivity contribution is -0.119. The molecule has 0 heterocycles. The zero-order chi connectivity index (χ0) is 11.2. The highest BCUT2D eigenvalue weighted by molar-refractivity contribution is 5.98. The summed E-state index contributed by atoms with van der Waals surface area (Å²) in [7, 11) is 0. The molecule has 16 heavy (non-hydrogen) atoms. The first-order chi connectivity index (χ1) is 7.76. The van der Waals surface area contributed by atoms with Crippen LogP contribution in [0.15, 0.2) is 48.6 Å². The molecule has 0 fully saturated rings. The van der Waals surface area contributed by atoms with E-state index in [1.54, 1.807) is 0 Å². The van der Waals surface area contributed by atoms with E-state index in [9.17, 15) is 4.79 Å². The van der Waals surface area contributed by atoms with Crippen molar-refractivity contribution in [2.75, 3.05) is 0 Å². The molecule has 3 aliphatic carbocycles.